The zero-order valence-corrected chi connectivity index (χ0v) is 10.5. The van der Waals surface area contributed by atoms with Crippen molar-refractivity contribution in [3.8, 4) is 0 Å². The minimum Gasteiger partial charge on any atom is -0.380 e. The number of hydrogen-bond donors (Lipinski definition) is 1. The lowest BCUT2D eigenvalue weighted by molar-refractivity contribution is 0.0557. The van der Waals surface area contributed by atoms with Gasteiger partial charge in [0.1, 0.15) is 0 Å². The largest absolute Gasteiger partial charge is 0.380 e. The Kier molecular flexibility index (Phi) is 8.20. The first kappa shape index (κ1) is 13.9. The molecule has 0 aromatic carbocycles. The van der Waals surface area contributed by atoms with E-state index in [1.165, 1.54) is 19.3 Å². The molecule has 1 N–H and O–H groups in total. The number of likely N-dealkylation sites (N-methyl/N-ethyl adjacent to an activating group) is 1. The standard InChI is InChI=1S/C12H27NO/c1-6-8-12(14-5)11(13-4)9-10(3)7-2/h10-13H,6-9H2,1-5H3. The number of hydrogen-bond acceptors (Lipinski definition) is 2. The second kappa shape index (κ2) is 8.25. The monoisotopic (exact) mass is 201 g/mol. The van der Waals surface area contributed by atoms with Crippen LogP contribution >= 0.6 is 0 Å². The predicted octanol–water partition coefficient (Wildman–Crippen LogP) is 2.83. The molecule has 0 rings (SSSR count). The molecule has 0 aliphatic heterocycles. The van der Waals surface area contributed by atoms with Crippen LogP contribution in [0.25, 0.3) is 0 Å². The summed E-state index contributed by atoms with van der Waals surface area (Å²) in [6.07, 6.45) is 5.18. The zero-order chi connectivity index (χ0) is 11.0. The van der Waals surface area contributed by atoms with E-state index in [1.54, 1.807) is 0 Å². The first-order valence-corrected chi connectivity index (χ1v) is 5.89. The van der Waals surface area contributed by atoms with Crippen LogP contribution in [0.2, 0.25) is 0 Å². The maximum absolute atomic E-state index is 5.53. The molecule has 3 unspecified atom stereocenters. The molecule has 0 spiro atoms. The Bertz CT molecular complexity index is 127. The molecule has 2 heteroatoms. The van der Waals surface area contributed by atoms with Gasteiger partial charge in [0, 0.05) is 13.2 Å². The van der Waals surface area contributed by atoms with Gasteiger partial charge < -0.3 is 10.1 Å². The van der Waals surface area contributed by atoms with Crippen LogP contribution in [0, 0.1) is 5.92 Å². The molecule has 0 aromatic heterocycles. The molecule has 0 aliphatic rings. The molecule has 0 aliphatic carbocycles. The molecule has 0 heterocycles. The Morgan fingerprint density at radius 2 is 1.93 bits per heavy atom. The Balaban J connectivity index is 4.06. The van der Waals surface area contributed by atoms with E-state index < -0.39 is 0 Å². The van der Waals surface area contributed by atoms with Gasteiger partial charge in [-0.3, -0.25) is 0 Å². The van der Waals surface area contributed by atoms with Gasteiger partial charge in [0.25, 0.3) is 0 Å². The van der Waals surface area contributed by atoms with Crippen LogP contribution < -0.4 is 5.32 Å². The van der Waals surface area contributed by atoms with Crippen LogP contribution in [-0.4, -0.2) is 26.3 Å². The topological polar surface area (TPSA) is 21.3 Å². The average molecular weight is 201 g/mol. The van der Waals surface area contributed by atoms with Crippen LogP contribution in [-0.2, 0) is 4.74 Å². The summed E-state index contributed by atoms with van der Waals surface area (Å²) < 4.78 is 5.53. The summed E-state index contributed by atoms with van der Waals surface area (Å²) >= 11 is 0. The minimum atomic E-state index is 0.374. The summed E-state index contributed by atoms with van der Waals surface area (Å²) in [5, 5.41) is 3.38. The quantitative estimate of drug-likeness (QED) is 0.652. The third kappa shape index (κ3) is 4.97. The lowest BCUT2D eigenvalue weighted by atomic mass is 9.94. The highest BCUT2D eigenvalue weighted by Crippen LogP contribution is 2.16. The van der Waals surface area contributed by atoms with Crippen molar-refractivity contribution in [1.82, 2.24) is 5.32 Å². The molecular weight excluding hydrogens is 174 g/mol. The molecule has 14 heavy (non-hydrogen) atoms. The third-order valence-electron chi connectivity index (χ3n) is 3.05. The van der Waals surface area contributed by atoms with Gasteiger partial charge in [-0.25, -0.2) is 0 Å². The molecule has 0 radical (unpaired) electrons. The second-order valence-electron chi connectivity index (χ2n) is 4.21. The molecule has 3 atom stereocenters. The van der Waals surface area contributed by atoms with Crippen molar-refractivity contribution < 1.29 is 4.74 Å². The van der Waals surface area contributed by atoms with Crippen molar-refractivity contribution in [2.75, 3.05) is 14.2 Å². The van der Waals surface area contributed by atoms with E-state index in [2.05, 4.69) is 26.1 Å². The van der Waals surface area contributed by atoms with Crippen molar-refractivity contribution in [3.63, 3.8) is 0 Å². The fourth-order valence-corrected chi connectivity index (χ4v) is 1.82. The molecule has 0 saturated heterocycles. The first-order valence-electron chi connectivity index (χ1n) is 5.89. The molecule has 2 nitrogen and oxygen atoms in total. The van der Waals surface area contributed by atoms with Gasteiger partial charge in [-0.1, -0.05) is 33.6 Å². The van der Waals surface area contributed by atoms with E-state index in [4.69, 9.17) is 4.74 Å². The zero-order valence-electron chi connectivity index (χ0n) is 10.5. The van der Waals surface area contributed by atoms with E-state index >= 15 is 0 Å². The maximum Gasteiger partial charge on any atom is 0.0724 e. The number of nitrogens with one attached hydrogen (secondary N) is 1. The highest BCUT2D eigenvalue weighted by Gasteiger charge is 2.20. The van der Waals surface area contributed by atoms with E-state index in [0.29, 0.717) is 12.1 Å². The molecule has 86 valence electrons. The summed E-state index contributed by atoms with van der Waals surface area (Å²) in [6, 6.07) is 0.509. The Morgan fingerprint density at radius 3 is 2.29 bits per heavy atom. The summed E-state index contributed by atoms with van der Waals surface area (Å²) in [5.41, 5.74) is 0. The van der Waals surface area contributed by atoms with Crippen molar-refractivity contribution in [1.29, 1.82) is 0 Å². The van der Waals surface area contributed by atoms with Crippen molar-refractivity contribution in [2.45, 2.75) is 58.6 Å². The van der Waals surface area contributed by atoms with Crippen molar-refractivity contribution in [3.05, 3.63) is 0 Å². The summed E-state index contributed by atoms with van der Waals surface area (Å²) in [4.78, 5) is 0. The van der Waals surface area contributed by atoms with Crippen LogP contribution in [0.15, 0.2) is 0 Å². The summed E-state index contributed by atoms with van der Waals surface area (Å²) in [5.74, 6) is 0.780. The van der Waals surface area contributed by atoms with Gasteiger partial charge >= 0.3 is 0 Å². The third-order valence-corrected chi connectivity index (χ3v) is 3.05. The van der Waals surface area contributed by atoms with Crippen LogP contribution in [0.1, 0.15) is 46.5 Å². The second-order valence-corrected chi connectivity index (χ2v) is 4.21. The van der Waals surface area contributed by atoms with E-state index in [0.717, 1.165) is 12.3 Å². The van der Waals surface area contributed by atoms with Crippen molar-refractivity contribution in [2.24, 2.45) is 5.92 Å². The molecule has 0 aromatic rings. The van der Waals surface area contributed by atoms with Gasteiger partial charge in [0.2, 0.25) is 0 Å². The van der Waals surface area contributed by atoms with Crippen LogP contribution in [0.5, 0.6) is 0 Å². The number of methoxy groups -OCH3 is 1. The van der Waals surface area contributed by atoms with Gasteiger partial charge in [0.05, 0.1) is 6.10 Å². The van der Waals surface area contributed by atoms with E-state index in [9.17, 15) is 0 Å². The van der Waals surface area contributed by atoms with Crippen LogP contribution in [0.4, 0.5) is 0 Å². The van der Waals surface area contributed by atoms with E-state index in [1.807, 2.05) is 14.2 Å². The fourth-order valence-electron chi connectivity index (χ4n) is 1.82. The minimum absolute atomic E-state index is 0.374. The van der Waals surface area contributed by atoms with E-state index in [-0.39, 0.29) is 0 Å². The van der Waals surface area contributed by atoms with Gasteiger partial charge in [0.15, 0.2) is 0 Å². The molecule has 0 bridgehead atoms. The maximum atomic E-state index is 5.53. The Labute approximate surface area is 89.4 Å². The smallest absolute Gasteiger partial charge is 0.0724 e. The normalized spacial score (nSPS) is 17.8. The first-order chi connectivity index (χ1) is 6.69. The lowest BCUT2D eigenvalue weighted by Crippen LogP contribution is -2.40. The van der Waals surface area contributed by atoms with Gasteiger partial charge in [-0.2, -0.15) is 0 Å². The predicted molar refractivity (Wildman–Crippen MR) is 62.6 cm³/mol. The van der Waals surface area contributed by atoms with Crippen LogP contribution in [0.3, 0.4) is 0 Å². The number of rotatable bonds is 8. The molecular formula is C12H27NO. The highest BCUT2D eigenvalue weighted by molar-refractivity contribution is 4.77. The molecule has 0 fully saturated rings. The lowest BCUT2D eigenvalue weighted by Gasteiger charge is -2.27. The number of ether oxygens (including phenoxy) is 1. The Morgan fingerprint density at radius 1 is 1.29 bits per heavy atom. The fraction of sp³-hybridized carbons (Fsp3) is 1.00. The van der Waals surface area contributed by atoms with Gasteiger partial charge in [-0.15, -0.1) is 0 Å². The highest BCUT2D eigenvalue weighted by atomic mass is 16.5. The molecule has 0 amide bonds. The Hall–Kier alpha value is -0.0800. The SMILES string of the molecule is CCCC(OC)C(CC(C)CC)NC. The average Bonchev–Trinajstić information content (AvgIpc) is 2.22. The molecule has 0 saturated carbocycles. The van der Waals surface area contributed by atoms with Gasteiger partial charge in [-0.05, 0) is 25.8 Å². The summed E-state index contributed by atoms with van der Waals surface area (Å²) in [7, 11) is 3.86. The van der Waals surface area contributed by atoms with Crippen molar-refractivity contribution >= 4 is 0 Å². The summed E-state index contributed by atoms with van der Waals surface area (Å²) in [6.45, 7) is 6.77.